The number of rotatable bonds is 4. The lowest BCUT2D eigenvalue weighted by atomic mass is 9.96. The van der Waals surface area contributed by atoms with Gasteiger partial charge < -0.3 is 10.0 Å². The maximum Gasteiger partial charge on any atom is 0.184 e. The molecule has 0 unspecified atom stereocenters. The Hall–Kier alpha value is -2.40. The third-order valence-corrected chi connectivity index (χ3v) is 6.05. The molecule has 29 heavy (non-hydrogen) atoms. The second kappa shape index (κ2) is 7.45. The third kappa shape index (κ3) is 4.01. The zero-order chi connectivity index (χ0) is 20.8. The second-order valence-corrected chi connectivity index (χ2v) is 10.0. The van der Waals surface area contributed by atoms with Gasteiger partial charge in [0.15, 0.2) is 17.0 Å². The van der Waals surface area contributed by atoms with Crippen molar-refractivity contribution in [2.75, 3.05) is 18.0 Å². The normalized spacial score (nSPS) is 18.5. The molecular weight excluding hydrogens is 392 g/mol. The van der Waals surface area contributed by atoms with Gasteiger partial charge in [-0.3, -0.25) is 0 Å². The highest BCUT2D eigenvalue weighted by molar-refractivity contribution is 7.99. The first-order chi connectivity index (χ1) is 13.7. The average molecular weight is 419 g/mol. The van der Waals surface area contributed by atoms with Crippen LogP contribution in [0.15, 0.2) is 4.63 Å². The summed E-state index contributed by atoms with van der Waals surface area (Å²) in [5, 5.41) is 27.0. The maximum atomic E-state index is 9.66. The highest BCUT2D eigenvalue weighted by atomic mass is 32.1. The Kier molecular flexibility index (Phi) is 5.11. The summed E-state index contributed by atoms with van der Waals surface area (Å²) < 4.78 is 6.53. The van der Waals surface area contributed by atoms with E-state index in [1.165, 1.54) is 0 Å². The largest absolute Gasteiger partial charge is 0.360 e. The van der Waals surface area contributed by atoms with Crippen LogP contribution >= 0.6 is 11.4 Å². The first-order valence-electron chi connectivity index (χ1n) is 9.60. The quantitative estimate of drug-likeness (QED) is 0.484. The standard InChI is InChI=1S/C18H26N8O2S/c1-10-13(23-28-22-10)9-26-16-14(21-24-26)15(19-17(20-16)18(3,4)5)25-7-6-12(8-25)29-11(2)27/h12,27,29H,6-9H2,1-5H3/t12-/m0/s1. The van der Waals surface area contributed by atoms with Crippen molar-refractivity contribution in [1.82, 2.24) is 35.3 Å². The van der Waals surface area contributed by atoms with Crippen LogP contribution in [0.25, 0.3) is 11.2 Å². The summed E-state index contributed by atoms with van der Waals surface area (Å²) in [7, 11) is 0. The van der Waals surface area contributed by atoms with E-state index in [1.54, 1.807) is 11.6 Å². The third-order valence-electron chi connectivity index (χ3n) is 4.89. The van der Waals surface area contributed by atoms with E-state index in [2.05, 4.69) is 46.3 Å². The minimum atomic E-state index is -0.226. The lowest BCUT2D eigenvalue weighted by Gasteiger charge is -2.22. The van der Waals surface area contributed by atoms with Crippen molar-refractivity contribution in [3.05, 3.63) is 17.2 Å². The van der Waals surface area contributed by atoms with E-state index in [9.17, 15) is 5.11 Å². The van der Waals surface area contributed by atoms with Gasteiger partial charge in [-0.05, 0) is 20.3 Å². The zero-order valence-electron chi connectivity index (χ0n) is 17.3. The summed E-state index contributed by atoms with van der Waals surface area (Å²) in [6, 6.07) is 0. The molecule has 1 aliphatic heterocycles. The molecule has 0 radical (unpaired) electrons. The van der Waals surface area contributed by atoms with Crippen molar-refractivity contribution in [2.45, 2.75) is 58.2 Å². The number of nitrogens with zero attached hydrogens (tertiary/aromatic N) is 8. The number of aliphatic hydroxyl groups is 1. The SMILES string of the molecule is CC(O)=[SH][C@H]1CCN(c2nc(C(C)(C)C)nc3c2nnn3Cc2nonc2C)C1. The molecule has 1 fully saturated rings. The molecule has 1 atom stereocenters. The topological polar surface area (TPSA) is 119 Å². The Morgan fingerprint density at radius 2 is 2.07 bits per heavy atom. The molecule has 0 amide bonds. The highest BCUT2D eigenvalue weighted by Crippen LogP contribution is 2.31. The summed E-state index contributed by atoms with van der Waals surface area (Å²) in [6.45, 7) is 11.9. The van der Waals surface area contributed by atoms with Crippen molar-refractivity contribution >= 4 is 33.4 Å². The van der Waals surface area contributed by atoms with E-state index in [0.717, 1.165) is 48.2 Å². The Balaban J connectivity index is 1.78. The summed E-state index contributed by atoms with van der Waals surface area (Å²) in [5.74, 6) is 1.54. The van der Waals surface area contributed by atoms with Gasteiger partial charge in [-0.25, -0.2) is 19.3 Å². The predicted molar refractivity (Wildman–Crippen MR) is 113 cm³/mol. The number of aliphatic hydroxyl groups excluding tert-OH is 1. The number of hydrogen-bond acceptors (Lipinski definition) is 8. The molecule has 11 heteroatoms. The summed E-state index contributed by atoms with van der Waals surface area (Å²) in [4.78, 5) is 11.9. The molecule has 4 rings (SSSR count). The smallest absolute Gasteiger partial charge is 0.184 e. The van der Waals surface area contributed by atoms with Gasteiger partial charge in [0, 0.05) is 23.8 Å². The van der Waals surface area contributed by atoms with Crippen molar-refractivity contribution < 1.29 is 9.74 Å². The molecule has 156 valence electrons. The Morgan fingerprint density at radius 3 is 2.72 bits per heavy atom. The minimum absolute atomic E-state index is 0.226. The molecule has 0 spiro atoms. The van der Waals surface area contributed by atoms with E-state index in [0.29, 0.717) is 33.7 Å². The van der Waals surface area contributed by atoms with Crippen LogP contribution in [0.1, 0.15) is 51.3 Å². The fourth-order valence-corrected chi connectivity index (χ4v) is 4.39. The van der Waals surface area contributed by atoms with Crippen LogP contribution in [-0.2, 0) is 12.0 Å². The molecule has 0 aromatic carbocycles. The predicted octanol–water partition coefficient (Wildman–Crippen LogP) is 2.01. The molecule has 10 nitrogen and oxygen atoms in total. The lowest BCUT2D eigenvalue weighted by molar-refractivity contribution is 0.300. The number of fused-ring (bicyclic) bond motifs is 1. The van der Waals surface area contributed by atoms with E-state index >= 15 is 0 Å². The summed E-state index contributed by atoms with van der Waals surface area (Å²) in [5.41, 5.74) is 2.54. The van der Waals surface area contributed by atoms with Crippen molar-refractivity contribution in [3.63, 3.8) is 0 Å². The fourth-order valence-electron chi connectivity index (χ4n) is 3.34. The van der Waals surface area contributed by atoms with Gasteiger partial charge in [0.05, 0.1) is 11.6 Å². The Bertz CT molecular complexity index is 1060. The first kappa shape index (κ1) is 19.9. The van der Waals surface area contributed by atoms with Gasteiger partial charge in [-0.1, -0.05) is 36.3 Å². The maximum absolute atomic E-state index is 9.66. The first-order valence-corrected chi connectivity index (χ1v) is 10.6. The van der Waals surface area contributed by atoms with Crippen LogP contribution in [0.5, 0.6) is 0 Å². The van der Waals surface area contributed by atoms with Gasteiger partial charge in [-0.2, -0.15) is 11.4 Å². The second-order valence-electron chi connectivity index (χ2n) is 8.40. The van der Waals surface area contributed by atoms with Gasteiger partial charge in [0.25, 0.3) is 0 Å². The summed E-state index contributed by atoms with van der Waals surface area (Å²) in [6.07, 6.45) is 0.994. The van der Waals surface area contributed by atoms with Crippen LogP contribution in [0.3, 0.4) is 0 Å². The molecule has 1 saturated heterocycles. The number of aryl methyl sites for hydroxylation is 1. The van der Waals surface area contributed by atoms with E-state index < -0.39 is 0 Å². The number of anilines is 1. The Labute approximate surface area is 172 Å². The molecule has 0 saturated carbocycles. The van der Waals surface area contributed by atoms with Crippen molar-refractivity contribution in [1.29, 1.82) is 0 Å². The lowest BCUT2D eigenvalue weighted by Crippen LogP contribution is -2.25. The number of aromatic nitrogens is 7. The molecule has 0 bridgehead atoms. The molecule has 3 aromatic heterocycles. The van der Waals surface area contributed by atoms with Gasteiger partial charge in [-0.15, -0.1) is 5.10 Å². The summed E-state index contributed by atoms with van der Waals surface area (Å²) >= 11 is 0.975. The van der Waals surface area contributed by atoms with Gasteiger partial charge in [0.2, 0.25) is 0 Å². The molecular formula is C18H26N8O2S. The fraction of sp³-hybridized carbons (Fsp3) is 0.611. The average Bonchev–Trinajstić information content (AvgIpc) is 3.35. The van der Waals surface area contributed by atoms with Crippen LogP contribution in [0.2, 0.25) is 0 Å². The van der Waals surface area contributed by atoms with Crippen LogP contribution in [0.4, 0.5) is 5.82 Å². The van der Waals surface area contributed by atoms with E-state index in [4.69, 9.17) is 14.6 Å². The Morgan fingerprint density at radius 1 is 1.28 bits per heavy atom. The molecule has 1 aliphatic rings. The van der Waals surface area contributed by atoms with Crippen LogP contribution < -0.4 is 4.90 Å². The minimum Gasteiger partial charge on any atom is -0.360 e. The van der Waals surface area contributed by atoms with E-state index in [-0.39, 0.29) is 5.41 Å². The van der Waals surface area contributed by atoms with Crippen LogP contribution in [0, 0.1) is 6.92 Å². The molecule has 1 N–H and O–H groups in total. The zero-order valence-corrected chi connectivity index (χ0v) is 18.2. The number of hydrogen-bond donors (Lipinski definition) is 2. The van der Waals surface area contributed by atoms with Crippen LogP contribution in [-0.4, -0.2) is 63.8 Å². The molecule has 4 heterocycles. The monoisotopic (exact) mass is 418 g/mol. The molecule has 0 aliphatic carbocycles. The van der Waals surface area contributed by atoms with Crippen molar-refractivity contribution in [2.24, 2.45) is 0 Å². The highest BCUT2D eigenvalue weighted by Gasteiger charge is 2.29. The van der Waals surface area contributed by atoms with Gasteiger partial charge in [0.1, 0.15) is 17.2 Å². The number of thiol groups is 1. The van der Waals surface area contributed by atoms with Gasteiger partial charge >= 0.3 is 0 Å². The molecule has 3 aromatic rings. The van der Waals surface area contributed by atoms with E-state index in [1.807, 2.05) is 6.92 Å². The van der Waals surface area contributed by atoms with Crippen molar-refractivity contribution in [3.8, 4) is 0 Å².